The van der Waals surface area contributed by atoms with E-state index in [1.165, 1.54) is 0 Å². The van der Waals surface area contributed by atoms with Crippen LogP contribution in [0.3, 0.4) is 0 Å². The van der Waals surface area contributed by atoms with Crippen molar-refractivity contribution in [2.75, 3.05) is 6.61 Å². The van der Waals surface area contributed by atoms with Crippen LogP contribution < -0.4 is 5.32 Å². The number of hydrogen-bond acceptors (Lipinski definition) is 3. The van der Waals surface area contributed by atoms with Crippen LogP contribution in [-0.4, -0.2) is 33.3 Å². The van der Waals surface area contributed by atoms with E-state index in [9.17, 15) is 15.0 Å². The average Bonchev–Trinajstić information content (AvgIpc) is 2.93. The van der Waals surface area contributed by atoms with E-state index in [4.69, 9.17) is 0 Å². The second-order valence-electron chi connectivity index (χ2n) is 5.87. The molecule has 1 amide bonds. The smallest absolute Gasteiger partial charge is 0.268 e. The molecule has 2 aromatic carbocycles. The van der Waals surface area contributed by atoms with E-state index in [2.05, 4.69) is 5.32 Å². The van der Waals surface area contributed by atoms with E-state index in [1.54, 1.807) is 24.3 Å². The van der Waals surface area contributed by atoms with Crippen molar-refractivity contribution in [1.29, 1.82) is 0 Å². The van der Waals surface area contributed by atoms with Gasteiger partial charge in [-0.25, -0.2) is 0 Å². The molecule has 0 aliphatic rings. The van der Waals surface area contributed by atoms with E-state index < -0.39 is 0 Å². The predicted molar refractivity (Wildman–Crippen MR) is 93.1 cm³/mol. The number of nitrogens with zero attached hydrogens (tertiary/aromatic N) is 1. The van der Waals surface area contributed by atoms with Gasteiger partial charge in [0.05, 0.1) is 12.6 Å². The topological polar surface area (TPSA) is 74.5 Å². The van der Waals surface area contributed by atoms with Gasteiger partial charge >= 0.3 is 0 Å². The Balaban J connectivity index is 1.76. The fraction of sp³-hybridized carbons (Fsp3) is 0.211. The van der Waals surface area contributed by atoms with E-state index >= 15 is 0 Å². The first-order chi connectivity index (χ1) is 11.6. The molecule has 1 aromatic heterocycles. The van der Waals surface area contributed by atoms with Gasteiger partial charge in [-0.3, -0.25) is 4.79 Å². The van der Waals surface area contributed by atoms with Crippen molar-refractivity contribution < 1.29 is 15.0 Å². The number of aliphatic hydroxyl groups is 1. The molecule has 0 spiro atoms. The highest BCUT2D eigenvalue weighted by molar-refractivity contribution is 5.98. The van der Waals surface area contributed by atoms with Gasteiger partial charge < -0.3 is 20.1 Å². The molecule has 3 aromatic rings. The van der Waals surface area contributed by atoms with Gasteiger partial charge in [0.1, 0.15) is 11.4 Å². The predicted octanol–water partition coefficient (Wildman–Crippen LogP) is 2.22. The molecule has 24 heavy (non-hydrogen) atoms. The molecule has 5 heteroatoms. The Morgan fingerprint density at radius 1 is 1.17 bits per heavy atom. The van der Waals surface area contributed by atoms with E-state index in [1.807, 2.05) is 41.9 Å². The summed E-state index contributed by atoms with van der Waals surface area (Å²) in [5.74, 6) is -0.0228. The highest BCUT2D eigenvalue weighted by Crippen LogP contribution is 2.18. The van der Waals surface area contributed by atoms with Crippen molar-refractivity contribution in [3.8, 4) is 5.75 Å². The summed E-state index contributed by atoms with van der Waals surface area (Å²) in [6.45, 7) is -0.156. The van der Waals surface area contributed by atoms with Crippen LogP contribution in [-0.2, 0) is 13.5 Å². The fourth-order valence-corrected chi connectivity index (χ4v) is 2.84. The summed E-state index contributed by atoms with van der Waals surface area (Å²) in [6, 6.07) is 16.0. The van der Waals surface area contributed by atoms with Crippen LogP contribution in [0.4, 0.5) is 0 Å². The molecular formula is C19H20N2O3. The lowest BCUT2D eigenvalue weighted by atomic mass is 10.1. The van der Waals surface area contributed by atoms with E-state index in [0.29, 0.717) is 12.1 Å². The normalized spacial score (nSPS) is 12.2. The van der Waals surface area contributed by atoms with Crippen LogP contribution in [0.2, 0.25) is 0 Å². The molecule has 124 valence electrons. The second kappa shape index (κ2) is 6.76. The van der Waals surface area contributed by atoms with Crippen LogP contribution in [0.15, 0.2) is 54.6 Å². The number of carbonyl (C=O) groups excluding carboxylic acids is 1. The summed E-state index contributed by atoms with van der Waals surface area (Å²) >= 11 is 0. The molecule has 0 unspecified atom stereocenters. The molecule has 0 aliphatic carbocycles. The number of aryl methyl sites for hydroxylation is 1. The molecule has 0 saturated carbocycles. The third-order valence-corrected chi connectivity index (χ3v) is 4.16. The molecule has 3 rings (SSSR count). The summed E-state index contributed by atoms with van der Waals surface area (Å²) in [5.41, 5.74) is 2.48. The minimum atomic E-state index is -0.389. The van der Waals surface area contributed by atoms with Crippen molar-refractivity contribution in [3.05, 3.63) is 65.9 Å². The molecule has 0 fully saturated rings. The summed E-state index contributed by atoms with van der Waals surface area (Å²) in [4.78, 5) is 12.6. The lowest BCUT2D eigenvalue weighted by Crippen LogP contribution is -2.39. The molecule has 1 atom stereocenters. The average molecular weight is 324 g/mol. The number of rotatable bonds is 5. The minimum Gasteiger partial charge on any atom is -0.508 e. The molecule has 5 nitrogen and oxygen atoms in total. The summed E-state index contributed by atoms with van der Waals surface area (Å²) in [5, 5.41) is 22.8. The quantitative estimate of drug-likeness (QED) is 0.674. The standard InChI is InChI=1S/C19H20N2O3/c1-21-17-5-3-2-4-14(17)11-18(21)19(24)20-15(12-22)10-13-6-8-16(23)9-7-13/h2-9,11,15,22-23H,10,12H2,1H3,(H,20,24)/t15-/m0/s1. The zero-order valence-electron chi connectivity index (χ0n) is 13.4. The number of hydrogen-bond donors (Lipinski definition) is 3. The summed E-state index contributed by atoms with van der Waals surface area (Å²) in [7, 11) is 1.85. The van der Waals surface area contributed by atoms with Crippen molar-refractivity contribution in [2.24, 2.45) is 7.05 Å². The van der Waals surface area contributed by atoms with Crippen LogP contribution >= 0.6 is 0 Å². The highest BCUT2D eigenvalue weighted by Gasteiger charge is 2.17. The van der Waals surface area contributed by atoms with Gasteiger partial charge in [0.15, 0.2) is 0 Å². The van der Waals surface area contributed by atoms with Crippen LogP contribution in [0.1, 0.15) is 16.1 Å². The molecule has 0 bridgehead atoms. The zero-order chi connectivity index (χ0) is 17.1. The lowest BCUT2D eigenvalue weighted by Gasteiger charge is -2.17. The molecule has 0 saturated heterocycles. The first kappa shape index (κ1) is 16.1. The minimum absolute atomic E-state index is 0.156. The number of phenolic OH excluding ortho intramolecular Hbond substituents is 1. The number of fused-ring (bicyclic) bond motifs is 1. The Morgan fingerprint density at radius 3 is 2.54 bits per heavy atom. The molecular weight excluding hydrogens is 304 g/mol. The fourth-order valence-electron chi connectivity index (χ4n) is 2.84. The number of nitrogens with one attached hydrogen (secondary N) is 1. The maximum absolute atomic E-state index is 12.6. The Hall–Kier alpha value is -2.79. The number of phenols is 1. The number of aromatic hydroxyl groups is 1. The molecule has 1 heterocycles. The molecule has 0 aliphatic heterocycles. The second-order valence-corrected chi connectivity index (χ2v) is 5.87. The number of para-hydroxylation sites is 1. The van der Waals surface area contributed by atoms with E-state index in [0.717, 1.165) is 16.5 Å². The third-order valence-electron chi connectivity index (χ3n) is 4.16. The Labute approximate surface area is 140 Å². The number of aliphatic hydroxyl groups excluding tert-OH is 1. The highest BCUT2D eigenvalue weighted by atomic mass is 16.3. The van der Waals surface area contributed by atoms with Gasteiger partial charge in [-0.05, 0) is 36.2 Å². The Bertz CT molecular complexity index is 853. The molecule has 3 N–H and O–H groups in total. The SMILES string of the molecule is Cn1c(C(=O)N[C@H](CO)Cc2ccc(O)cc2)cc2ccccc21. The van der Waals surface area contributed by atoms with Gasteiger partial charge in [-0.1, -0.05) is 30.3 Å². The Kier molecular flexibility index (Phi) is 4.53. The van der Waals surface area contributed by atoms with Crippen LogP contribution in [0.5, 0.6) is 5.75 Å². The van der Waals surface area contributed by atoms with Gasteiger partial charge in [0.2, 0.25) is 0 Å². The van der Waals surface area contributed by atoms with Gasteiger partial charge in [-0.2, -0.15) is 0 Å². The van der Waals surface area contributed by atoms with Crippen LogP contribution in [0.25, 0.3) is 10.9 Å². The number of benzene rings is 2. The monoisotopic (exact) mass is 324 g/mol. The van der Waals surface area contributed by atoms with Gasteiger partial charge in [0.25, 0.3) is 5.91 Å². The maximum atomic E-state index is 12.6. The first-order valence-corrected chi connectivity index (χ1v) is 7.82. The van der Waals surface area contributed by atoms with Crippen molar-refractivity contribution >= 4 is 16.8 Å². The van der Waals surface area contributed by atoms with Crippen molar-refractivity contribution in [3.63, 3.8) is 0 Å². The zero-order valence-corrected chi connectivity index (χ0v) is 13.4. The van der Waals surface area contributed by atoms with Crippen LogP contribution in [0, 0.1) is 0 Å². The largest absolute Gasteiger partial charge is 0.508 e. The van der Waals surface area contributed by atoms with E-state index in [-0.39, 0.29) is 24.3 Å². The number of carbonyl (C=O) groups is 1. The number of aromatic nitrogens is 1. The maximum Gasteiger partial charge on any atom is 0.268 e. The third kappa shape index (κ3) is 3.26. The summed E-state index contributed by atoms with van der Waals surface area (Å²) < 4.78 is 1.85. The molecule has 0 radical (unpaired) electrons. The summed E-state index contributed by atoms with van der Waals surface area (Å²) in [6.07, 6.45) is 0.493. The first-order valence-electron chi connectivity index (χ1n) is 7.82. The van der Waals surface area contributed by atoms with Crippen molar-refractivity contribution in [1.82, 2.24) is 9.88 Å². The Morgan fingerprint density at radius 2 is 1.88 bits per heavy atom. The van der Waals surface area contributed by atoms with Gasteiger partial charge in [0, 0.05) is 18.0 Å². The number of amides is 1. The lowest BCUT2D eigenvalue weighted by molar-refractivity contribution is 0.0908. The van der Waals surface area contributed by atoms with Crippen molar-refractivity contribution in [2.45, 2.75) is 12.5 Å². The van der Waals surface area contributed by atoms with Gasteiger partial charge in [-0.15, -0.1) is 0 Å².